The minimum atomic E-state index is -0.0980. The molecule has 2 rings (SSSR count). The zero-order valence-electron chi connectivity index (χ0n) is 10.5. The molecule has 94 valence electrons. The van der Waals surface area contributed by atoms with E-state index in [-0.39, 0.29) is 5.91 Å². The highest BCUT2D eigenvalue weighted by Crippen LogP contribution is 2.20. The third kappa shape index (κ3) is 2.40. The molecule has 0 aliphatic rings. The molecule has 1 aromatic carbocycles. The average Bonchev–Trinajstić information content (AvgIpc) is 2.56. The van der Waals surface area contributed by atoms with E-state index in [0.29, 0.717) is 5.56 Å². The summed E-state index contributed by atoms with van der Waals surface area (Å²) in [7, 11) is 1.87. The fraction of sp³-hybridized carbons (Fsp3) is 0.231. The van der Waals surface area contributed by atoms with Crippen LogP contribution in [-0.2, 0) is 7.05 Å². The summed E-state index contributed by atoms with van der Waals surface area (Å²) in [6.07, 6.45) is 0. The van der Waals surface area contributed by atoms with E-state index in [9.17, 15) is 4.79 Å². The van der Waals surface area contributed by atoms with Crippen LogP contribution in [0, 0.1) is 17.4 Å². The van der Waals surface area contributed by atoms with Crippen molar-refractivity contribution in [2.24, 2.45) is 7.05 Å². The molecular formula is C13H14IN3O. The predicted molar refractivity (Wildman–Crippen MR) is 79.8 cm³/mol. The number of hydrogen-bond acceptors (Lipinski definition) is 2. The Bertz CT molecular complexity index is 604. The van der Waals surface area contributed by atoms with Gasteiger partial charge in [0.05, 0.1) is 22.6 Å². The van der Waals surface area contributed by atoms with Gasteiger partial charge < -0.3 is 5.32 Å². The summed E-state index contributed by atoms with van der Waals surface area (Å²) in [5.41, 5.74) is 3.25. The molecule has 4 nitrogen and oxygen atoms in total. The maximum atomic E-state index is 12.2. The smallest absolute Gasteiger partial charge is 0.256 e. The van der Waals surface area contributed by atoms with Gasteiger partial charge in [0.25, 0.3) is 5.91 Å². The molecule has 0 unspecified atom stereocenters. The summed E-state index contributed by atoms with van der Waals surface area (Å²) >= 11 is 2.16. The minimum absolute atomic E-state index is 0.0980. The first-order valence-corrected chi connectivity index (χ1v) is 6.64. The van der Waals surface area contributed by atoms with Crippen LogP contribution in [0.3, 0.4) is 0 Å². The molecule has 18 heavy (non-hydrogen) atoms. The molecule has 1 aromatic heterocycles. The van der Waals surface area contributed by atoms with Gasteiger partial charge in [-0.05, 0) is 48.6 Å². The summed E-state index contributed by atoms with van der Waals surface area (Å²) in [5.74, 6) is -0.0980. The average molecular weight is 355 g/mol. The number of carbonyl (C=O) groups is 1. The molecule has 0 fully saturated rings. The maximum absolute atomic E-state index is 12.2. The van der Waals surface area contributed by atoms with E-state index in [1.54, 1.807) is 4.68 Å². The SMILES string of the molecule is Cc1nn(C)c(C)c1NC(=O)c1ccccc1I. The van der Waals surface area contributed by atoms with Gasteiger partial charge in [0, 0.05) is 10.6 Å². The number of benzene rings is 1. The molecule has 0 aliphatic heterocycles. The molecule has 0 radical (unpaired) electrons. The first kappa shape index (κ1) is 13.1. The molecule has 2 aromatic rings. The monoisotopic (exact) mass is 355 g/mol. The molecule has 0 saturated heterocycles. The third-order valence-electron chi connectivity index (χ3n) is 2.87. The van der Waals surface area contributed by atoms with E-state index in [0.717, 1.165) is 20.6 Å². The number of hydrogen-bond donors (Lipinski definition) is 1. The predicted octanol–water partition coefficient (Wildman–Crippen LogP) is 2.89. The number of aromatic nitrogens is 2. The Balaban J connectivity index is 2.30. The second-order valence-corrected chi connectivity index (χ2v) is 5.27. The zero-order valence-corrected chi connectivity index (χ0v) is 12.6. The van der Waals surface area contributed by atoms with Crippen LogP contribution in [0.2, 0.25) is 0 Å². The Morgan fingerprint density at radius 1 is 1.33 bits per heavy atom. The molecule has 0 atom stereocenters. The van der Waals surface area contributed by atoms with Gasteiger partial charge in [0.15, 0.2) is 0 Å². The fourth-order valence-electron chi connectivity index (χ4n) is 1.78. The molecular weight excluding hydrogens is 341 g/mol. The lowest BCUT2D eigenvalue weighted by atomic mass is 10.2. The highest BCUT2D eigenvalue weighted by atomic mass is 127. The van der Waals surface area contributed by atoms with Crippen LogP contribution in [0.5, 0.6) is 0 Å². The van der Waals surface area contributed by atoms with Gasteiger partial charge in [-0.25, -0.2) is 0 Å². The number of nitrogens with one attached hydrogen (secondary N) is 1. The standard InChI is InChI=1S/C13H14IN3O/c1-8-12(9(2)17(3)16-8)15-13(18)10-6-4-5-7-11(10)14/h4-7H,1-3H3,(H,15,18). The van der Waals surface area contributed by atoms with Crippen LogP contribution in [-0.4, -0.2) is 15.7 Å². The summed E-state index contributed by atoms with van der Waals surface area (Å²) in [6.45, 7) is 3.82. The molecule has 0 spiro atoms. The van der Waals surface area contributed by atoms with Gasteiger partial charge in [-0.1, -0.05) is 12.1 Å². The van der Waals surface area contributed by atoms with Gasteiger partial charge in [-0.3, -0.25) is 9.48 Å². The van der Waals surface area contributed by atoms with E-state index in [2.05, 4.69) is 33.0 Å². The number of rotatable bonds is 2. The number of carbonyl (C=O) groups excluding carboxylic acids is 1. The number of anilines is 1. The Kier molecular flexibility index (Phi) is 3.70. The van der Waals surface area contributed by atoms with Crippen molar-refractivity contribution in [1.82, 2.24) is 9.78 Å². The van der Waals surface area contributed by atoms with Crippen molar-refractivity contribution in [1.29, 1.82) is 0 Å². The summed E-state index contributed by atoms with van der Waals surface area (Å²) in [5, 5.41) is 7.21. The zero-order chi connectivity index (χ0) is 13.3. The van der Waals surface area contributed by atoms with Crippen LogP contribution < -0.4 is 5.32 Å². The van der Waals surface area contributed by atoms with E-state index < -0.39 is 0 Å². The Hall–Kier alpha value is -1.37. The third-order valence-corrected chi connectivity index (χ3v) is 3.81. The van der Waals surface area contributed by atoms with Crippen molar-refractivity contribution < 1.29 is 4.79 Å². The number of halogens is 1. The van der Waals surface area contributed by atoms with Gasteiger partial charge >= 0.3 is 0 Å². The van der Waals surface area contributed by atoms with Gasteiger partial charge in [-0.15, -0.1) is 0 Å². The lowest BCUT2D eigenvalue weighted by Gasteiger charge is -2.07. The van der Waals surface area contributed by atoms with Crippen molar-refractivity contribution in [2.45, 2.75) is 13.8 Å². The first-order chi connectivity index (χ1) is 8.50. The molecule has 0 bridgehead atoms. The van der Waals surface area contributed by atoms with Crippen LogP contribution in [0.15, 0.2) is 24.3 Å². The highest BCUT2D eigenvalue weighted by Gasteiger charge is 2.15. The van der Waals surface area contributed by atoms with Crippen LogP contribution in [0.25, 0.3) is 0 Å². The normalized spacial score (nSPS) is 10.4. The number of aryl methyl sites for hydroxylation is 2. The van der Waals surface area contributed by atoms with Gasteiger partial charge in [0.2, 0.25) is 0 Å². The van der Waals surface area contributed by atoms with Gasteiger partial charge in [0.1, 0.15) is 0 Å². The maximum Gasteiger partial charge on any atom is 0.256 e. The summed E-state index contributed by atoms with van der Waals surface area (Å²) < 4.78 is 2.70. The van der Waals surface area contributed by atoms with E-state index in [1.807, 2.05) is 45.2 Å². The minimum Gasteiger partial charge on any atom is -0.319 e. The lowest BCUT2D eigenvalue weighted by Crippen LogP contribution is -2.14. The molecule has 1 amide bonds. The molecule has 0 aliphatic carbocycles. The second kappa shape index (κ2) is 5.09. The van der Waals surface area contributed by atoms with Gasteiger partial charge in [-0.2, -0.15) is 5.10 Å². The van der Waals surface area contributed by atoms with Crippen molar-refractivity contribution >= 4 is 34.2 Å². The highest BCUT2D eigenvalue weighted by molar-refractivity contribution is 14.1. The first-order valence-electron chi connectivity index (χ1n) is 5.56. The van der Waals surface area contributed by atoms with E-state index in [1.165, 1.54) is 0 Å². The van der Waals surface area contributed by atoms with Crippen molar-refractivity contribution in [3.63, 3.8) is 0 Å². The largest absolute Gasteiger partial charge is 0.319 e. The summed E-state index contributed by atoms with van der Waals surface area (Å²) in [6, 6.07) is 7.51. The topological polar surface area (TPSA) is 46.9 Å². The summed E-state index contributed by atoms with van der Waals surface area (Å²) in [4.78, 5) is 12.2. The molecule has 1 heterocycles. The Labute approximate surface area is 120 Å². The van der Waals surface area contributed by atoms with E-state index in [4.69, 9.17) is 0 Å². The Morgan fingerprint density at radius 3 is 2.56 bits per heavy atom. The van der Waals surface area contributed by atoms with Crippen molar-refractivity contribution in [3.8, 4) is 0 Å². The van der Waals surface area contributed by atoms with E-state index >= 15 is 0 Å². The van der Waals surface area contributed by atoms with Crippen molar-refractivity contribution in [2.75, 3.05) is 5.32 Å². The van der Waals surface area contributed by atoms with Crippen LogP contribution >= 0.6 is 22.6 Å². The fourth-order valence-corrected chi connectivity index (χ4v) is 2.41. The van der Waals surface area contributed by atoms with Crippen molar-refractivity contribution in [3.05, 3.63) is 44.8 Å². The Morgan fingerprint density at radius 2 is 2.00 bits per heavy atom. The second-order valence-electron chi connectivity index (χ2n) is 4.10. The number of nitrogens with zero attached hydrogens (tertiary/aromatic N) is 2. The van der Waals surface area contributed by atoms with Crippen LogP contribution in [0.4, 0.5) is 5.69 Å². The molecule has 1 N–H and O–H groups in total. The quantitative estimate of drug-likeness (QED) is 0.843. The lowest BCUT2D eigenvalue weighted by molar-refractivity contribution is 0.102. The molecule has 0 saturated carbocycles. The molecule has 5 heteroatoms. The van der Waals surface area contributed by atoms with Crippen LogP contribution in [0.1, 0.15) is 21.7 Å². The number of amides is 1.